The zero-order valence-corrected chi connectivity index (χ0v) is 29.0. The Morgan fingerprint density at radius 1 is 0.714 bits per heavy atom. The fourth-order valence-electron chi connectivity index (χ4n) is 5.68. The molecule has 5 atom stereocenters. The molecule has 268 valence electrons. The zero-order chi connectivity index (χ0) is 36.4. The third-order valence-corrected chi connectivity index (χ3v) is 8.14. The van der Waals surface area contributed by atoms with E-state index in [9.17, 15) is 33.6 Å². The molecule has 0 radical (unpaired) electrons. The van der Waals surface area contributed by atoms with E-state index in [-0.39, 0.29) is 31.1 Å². The molecule has 2 heterocycles. The minimum absolute atomic E-state index is 0.0366. The number of para-hydroxylation sites is 1. The van der Waals surface area contributed by atoms with Crippen molar-refractivity contribution in [2.45, 2.75) is 97.4 Å². The molecule has 1 aromatic heterocycles. The second-order valence-electron chi connectivity index (χ2n) is 13.7. The number of amides is 7. The van der Waals surface area contributed by atoms with Crippen molar-refractivity contribution in [3.63, 3.8) is 0 Å². The first-order valence-electron chi connectivity index (χ1n) is 16.7. The van der Waals surface area contributed by atoms with Crippen molar-refractivity contribution >= 4 is 52.3 Å². The Hall–Kier alpha value is -4.95. The van der Waals surface area contributed by atoms with Gasteiger partial charge in [0.1, 0.15) is 30.2 Å². The Kier molecular flexibility index (Phi) is 13.7. The quantitative estimate of drug-likeness (QED) is 0.179. The molecule has 49 heavy (non-hydrogen) atoms. The largest absolute Gasteiger partial charge is 0.370 e. The molecule has 0 aliphatic carbocycles. The van der Waals surface area contributed by atoms with Crippen molar-refractivity contribution < 1.29 is 33.6 Å². The maximum Gasteiger partial charge on any atom is 0.243 e. The SMILES string of the molecule is CC(C)C[C@@H]1NC(=O)[C@@H](Cc2c[nH]c3ccccc23)NC(=O)CNC(=O)[C@@H](CC(N)=O)NC(=O)[C@H](C(C)C)NC(=O)[C@@H](CC(C)C)NC1=O. The highest BCUT2D eigenvalue weighted by atomic mass is 16.2. The van der Waals surface area contributed by atoms with Crippen molar-refractivity contribution in [1.29, 1.82) is 0 Å². The molecule has 2 aromatic rings. The Labute approximate surface area is 286 Å². The number of carbonyl (C=O) groups excluding carboxylic acids is 7. The number of hydrogen-bond acceptors (Lipinski definition) is 7. The van der Waals surface area contributed by atoms with E-state index in [2.05, 4.69) is 36.9 Å². The molecule has 0 saturated carbocycles. The molecule has 7 amide bonds. The summed E-state index contributed by atoms with van der Waals surface area (Å²) < 4.78 is 0. The van der Waals surface area contributed by atoms with Crippen LogP contribution in [-0.2, 0) is 40.0 Å². The van der Waals surface area contributed by atoms with E-state index in [4.69, 9.17) is 5.73 Å². The molecule has 1 fully saturated rings. The molecular weight excluding hydrogens is 632 g/mol. The number of aromatic amines is 1. The van der Waals surface area contributed by atoms with Crippen LogP contribution < -0.4 is 37.6 Å². The molecule has 9 N–H and O–H groups in total. The van der Waals surface area contributed by atoms with E-state index < -0.39 is 90.4 Å². The van der Waals surface area contributed by atoms with Gasteiger partial charge in [0.25, 0.3) is 0 Å². The van der Waals surface area contributed by atoms with E-state index in [1.54, 1.807) is 20.0 Å². The molecule has 1 saturated heterocycles. The normalized spacial score (nSPS) is 23.7. The van der Waals surface area contributed by atoms with Gasteiger partial charge in [-0.15, -0.1) is 0 Å². The van der Waals surface area contributed by atoms with E-state index >= 15 is 0 Å². The number of nitrogens with two attached hydrogens (primary N) is 1. The lowest BCUT2D eigenvalue weighted by atomic mass is 9.98. The average molecular weight is 683 g/mol. The van der Waals surface area contributed by atoms with Crippen LogP contribution in [0.1, 0.15) is 66.4 Å². The smallest absolute Gasteiger partial charge is 0.243 e. The molecule has 15 heteroatoms. The second kappa shape index (κ2) is 17.4. The van der Waals surface area contributed by atoms with E-state index in [1.807, 2.05) is 52.0 Å². The molecule has 15 nitrogen and oxygen atoms in total. The molecular formula is C34H50N8O7. The van der Waals surface area contributed by atoms with Crippen LogP contribution in [0.2, 0.25) is 0 Å². The average Bonchev–Trinajstić information content (AvgIpc) is 3.42. The predicted molar refractivity (Wildman–Crippen MR) is 182 cm³/mol. The van der Waals surface area contributed by atoms with Gasteiger partial charge in [0.2, 0.25) is 41.4 Å². The highest BCUT2D eigenvalue weighted by molar-refractivity contribution is 5.98. The second-order valence-corrected chi connectivity index (χ2v) is 13.7. The minimum Gasteiger partial charge on any atom is -0.370 e. The summed E-state index contributed by atoms with van der Waals surface area (Å²) in [7, 11) is 0. The van der Waals surface area contributed by atoms with E-state index in [1.165, 1.54) is 0 Å². The summed E-state index contributed by atoms with van der Waals surface area (Å²) in [6.45, 7) is 10.3. The number of rotatable bonds is 9. The number of hydrogen-bond donors (Lipinski definition) is 8. The van der Waals surface area contributed by atoms with E-state index in [0.29, 0.717) is 0 Å². The van der Waals surface area contributed by atoms with Gasteiger partial charge in [-0.25, -0.2) is 0 Å². The Morgan fingerprint density at radius 2 is 1.27 bits per heavy atom. The molecule has 1 aliphatic heterocycles. The standard InChI is InChI=1S/C34H50N8O7/c1-17(2)11-23-31(46)40-24(12-18(3)4)33(48)42-29(19(5)6)34(49)41-26(14-27(35)43)30(45)37-16-28(44)38-25(32(47)39-23)13-20-15-36-22-10-8-7-9-21(20)22/h7-10,15,17-19,23-26,29,36H,11-14,16H2,1-6H3,(H2,35,43)(H,37,45)(H,38,44)(H,39,47)(H,40,46)(H,41,49)(H,42,48)/t23-,24+,25+,26+,29-/m0/s1. The van der Waals surface area contributed by atoms with Gasteiger partial charge in [-0.2, -0.15) is 0 Å². The lowest BCUT2D eigenvalue weighted by molar-refractivity contribution is -0.137. The molecule has 0 spiro atoms. The number of H-pyrrole nitrogens is 1. The van der Waals surface area contributed by atoms with Crippen LogP contribution in [-0.4, -0.2) is 83.1 Å². The molecule has 1 aliphatic rings. The fraction of sp³-hybridized carbons (Fsp3) is 0.559. The first-order chi connectivity index (χ1) is 23.0. The van der Waals surface area contributed by atoms with Crippen LogP contribution in [0.3, 0.4) is 0 Å². The lowest BCUT2D eigenvalue weighted by Gasteiger charge is -2.29. The number of carbonyl (C=O) groups is 7. The highest BCUT2D eigenvalue weighted by Gasteiger charge is 2.35. The van der Waals surface area contributed by atoms with Crippen LogP contribution >= 0.6 is 0 Å². The van der Waals surface area contributed by atoms with Gasteiger partial charge in [-0.1, -0.05) is 59.7 Å². The zero-order valence-electron chi connectivity index (χ0n) is 29.0. The highest BCUT2D eigenvalue weighted by Crippen LogP contribution is 2.20. The van der Waals surface area contributed by atoms with Gasteiger partial charge < -0.3 is 42.6 Å². The van der Waals surface area contributed by atoms with Crippen LogP contribution in [0.5, 0.6) is 0 Å². The van der Waals surface area contributed by atoms with Crippen molar-refractivity contribution in [3.05, 3.63) is 36.0 Å². The summed E-state index contributed by atoms with van der Waals surface area (Å²) in [5, 5.41) is 16.6. The van der Waals surface area contributed by atoms with Crippen molar-refractivity contribution in [2.24, 2.45) is 23.5 Å². The maximum atomic E-state index is 13.9. The van der Waals surface area contributed by atoms with Gasteiger partial charge in [0.15, 0.2) is 0 Å². The number of aromatic nitrogens is 1. The summed E-state index contributed by atoms with van der Waals surface area (Å²) in [4.78, 5) is 96.0. The van der Waals surface area contributed by atoms with Gasteiger partial charge in [0, 0.05) is 23.5 Å². The molecule has 3 rings (SSSR count). The van der Waals surface area contributed by atoms with Gasteiger partial charge in [0.05, 0.1) is 13.0 Å². The topological polar surface area (TPSA) is 233 Å². The summed E-state index contributed by atoms with van der Waals surface area (Å²) in [5.41, 5.74) is 6.91. The molecule has 0 unspecified atom stereocenters. The van der Waals surface area contributed by atoms with Crippen LogP contribution in [0.4, 0.5) is 0 Å². The van der Waals surface area contributed by atoms with Crippen molar-refractivity contribution in [3.8, 4) is 0 Å². The van der Waals surface area contributed by atoms with Gasteiger partial charge >= 0.3 is 0 Å². The first kappa shape index (κ1) is 38.5. The molecule has 1 aromatic carbocycles. The number of fused-ring (bicyclic) bond motifs is 1. The van der Waals surface area contributed by atoms with Crippen LogP contribution in [0.25, 0.3) is 10.9 Å². The van der Waals surface area contributed by atoms with Crippen molar-refractivity contribution in [2.75, 3.05) is 6.54 Å². The van der Waals surface area contributed by atoms with Crippen molar-refractivity contribution in [1.82, 2.24) is 36.9 Å². The van der Waals surface area contributed by atoms with Gasteiger partial charge in [-0.3, -0.25) is 33.6 Å². The molecule has 0 bridgehead atoms. The van der Waals surface area contributed by atoms with Crippen LogP contribution in [0, 0.1) is 17.8 Å². The lowest BCUT2D eigenvalue weighted by Crippen LogP contribution is -2.61. The number of nitrogens with one attached hydrogen (secondary N) is 7. The Morgan fingerprint density at radius 3 is 1.84 bits per heavy atom. The summed E-state index contributed by atoms with van der Waals surface area (Å²) in [6.07, 6.45) is 1.65. The van der Waals surface area contributed by atoms with Crippen LogP contribution in [0.15, 0.2) is 30.5 Å². The Bertz CT molecular complexity index is 1540. The van der Waals surface area contributed by atoms with Gasteiger partial charge in [-0.05, 0) is 42.2 Å². The third-order valence-electron chi connectivity index (χ3n) is 8.14. The first-order valence-corrected chi connectivity index (χ1v) is 16.7. The third kappa shape index (κ3) is 11.3. The Balaban J connectivity index is 2.04. The summed E-state index contributed by atoms with van der Waals surface area (Å²) in [5.74, 6) is -5.65. The number of primary amides is 1. The summed E-state index contributed by atoms with van der Waals surface area (Å²) in [6, 6.07) is 1.52. The number of benzene rings is 1. The fourth-order valence-corrected chi connectivity index (χ4v) is 5.68. The summed E-state index contributed by atoms with van der Waals surface area (Å²) >= 11 is 0. The van der Waals surface area contributed by atoms with E-state index in [0.717, 1.165) is 16.5 Å². The maximum absolute atomic E-state index is 13.9. The monoisotopic (exact) mass is 682 g/mol. The predicted octanol–water partition coefficient (Wildman–Crippen LogP) is -0.112. The minimum atomic E-state index is -1.46.